The Morgan fingerprint density at radius 3 is 1.28 bits per heavy atom. The summed E-state index contributed by atoms with van der Waals surface area (Å²) < 4.78 is 16.7. The monoisotopic (exact) mass is 1210 g/mol. The molecule has 1 rings (SSSR count). The van der Waals surface area contributed by atoms with Gasteiger partial charge in [0.1, 0.15) is 24.4 Å². The molecular weight excluding hydrogens is 1070 g/mol. The Balaban J connectivity index is 1.92. The number of carbonyl (C=O) groups is 2. The van der Waals surface area contributed by atoms with Gasteiger partial charge in [-0.25, -0.2) is 0 Å². The maximum Gasteiger partial charge on any atom is 0.305 e. The van der Waals surface area contributed by atoms with Crippen molar-refractivity contribution in [1.82, 2.24) is 5.32 Å². The standard InChI is InChI=1S/C75H135NO10/c1-3-5-7-9-11-13-15-39-43-47-51-55-59-63-71(80)84-64-60-56-52-48-44-41-38-36-34-32-30-28-26-24-22-20-18-16-17-19-21-23-25-27-29-31-33-35-37-40-42-46-50-54-58-62-70(79)76-67(66-85-75-74(83)73(82)72(81)69(65-77)86-75)68(78)61-57-53-49-45-14-12-10-8-6-4-2/h6,8,13-15,18,20,24,26,45,57,61,67-69,72-75,77-78,81-83H,3-5,7,9-12,16-17,19,21-23,25,27-44,46-56,58-60,62-66H2,1-2H3,(H,76,79)/b8-6+,15-13-,20-18-,26-24-,45-14+,61-57+. The van der Waals surface area contributed by atoms with Gasteiger partial charge in [-0.3, -0.25) is 9.59 Å². The van der Waals surface area contributed by atoms with Gasteiger partial charge in [-0.15, -0.1) is 0 Å². The molecule has 0 aromatic carbocycles. The third kappa shape index (κ3) is 51.9. The zero-order valence-corrected chi connectivity index (χ0v) is 55.5. The molecule has 0 radical (unpaired) electrons. The highest BCUT2D eigenvalue weighted by Gasteiger charge is 2.44. The summed E-state index contributed by atoms with van der Waals surface area (Å²) in [6, 6.07) is -0.833. The highest BCUT2D eigenvalue weighted by molar-refractivity contribution is 5.76. The van der Waals surface area contributed by atoms with Crippen LogP contribution in [0.5, 0.6) is 0 Å². The van der Waals surface area contributed by atoms with Gasteiger partial charge in [-0.1, -0.05) is 279 Å². The summed E-state index contributed by atoms with van der Waals surface area (Å²) in [5, 5.41) is 54.3. The summed E-state index contributed by atoms with van der Waals surface area (Å²) >= 11 is 0. The number of aliphatic hydroxyl groups excluding tert-OH is 5. The topological polar surface area (TPSA) is 175 Å². The van der Waals surface area contributed by atoms with Crippen molar-refractivity contribution in [1.29, 1.82) is 0 Å². The fraction of sp³-hybridized carbons (Fsp3) is 0.813. The van der Waals surface area contributed by atoms with E-state index in [9.17, 15) is 35.1 Å². The molecule has 6 N–H and O–H groups in total. The maximum absolute atomic E-state index is 13.0. The quantitative estimate of drug-likeness (QED) is 0.0195. The van der Waals surface area contributed by atoms with Crippen molar-refractivity contribution in [2.24, 2.45) is 0 Å². The van der Waals surface area contributed by atoms with E-state index >= 15 is 0 Å². The van der Waals surface area contributed by atoms with Gasteiger partial charge in [0.05, 0.1) is 32.0 Å². The first-order valence-corrected chi connectivity index (χ1v) is 36.2. The molecule has 0 spiro atoms. The second-order valence-electron chi connectivity index (χ2n) is 24.9. The predicted octanol–water partition coefficient (Wildman–Crippen LogP) is 18.7. The van der Waals surface area contributed by atoms with Crippen molar-refractivity contribution in [2.75, 3.05) is 19.8 Å². The molecule has 11 heteroatoms. The SMILES string of the molecule is CC/C=C/CC/C=C/CC/C=C/C(O)C(COC1OC(CO)C(O)C(O)C1O)NC(=O)CCCCCCCCCCCCCCCCCCC/C=C\C/C=C\CCCCCCCCCCCCCOC(=O)CCCCCCC/C=C\CCCCCC. The predicted molar refractivity (Wildman–Crippen MR) is 361 cm³/mol. The van der Waals surface area contributed by atoms with E-state index in [4.69, 9.17) is 14.2 Å². The van der Waals surface area contributed by atoms with E-state index in [0.717, 1.165) is 77.0 Å². The summed E-state index contributed by atoms with van der Waals surface area (Å²) in [6.45, 7) is 4.20. The van der Waals surface area contributed by atoms with Crippen molar-refractivity contribution in [2.45, 2.75) is 371 Å². The Morgan fingerprint density at radius 1 is 0.442 bits per heavy atom. The zero-order valence-electron chi connectivity index (χ0n) is 55.5. The fourth-order valence-corrected chi connectivity index (χ4v) is 11.1. The van der Waals surface area contributed by atoms with E-state index in [0.29, 0.717) is 19.4 Å². The Kier molecular flexibility index (Phi) is 60.0. The molecule has 0 bridgehead atoms. The van der Waals surface area contributed by atoms with Gasteiger partial charge in [0.15, 0.2) is 6.29 Å². The van der Waals surface area contributed by atoms with Crippen LogP contribution in [0.15, 0.2) is 72.9 Å². The number of rotatable bonds is 63. The molecule has 1 heterocycles. The summed E-state index contributed by atoms with van der Waals surface area (Å²) in [7, 11) is 0. The summed E-state index contributed by atoms with van der Waals surface area (Å²) in [5.41, 5.74) is 0. The van der Waals surface area contributed by atoms with Crippen LogP contribution in [-0.2, 0) is 23.8 Å². The first kappa shape index (κ1) is 81.1. The Bertz CT molecular complexity index is 1660. The average molecular weight is 1210 g/mol. The highest BCUT2D eigenvalue weighted by atomic mass is 16.7. The van der Waals surface area contributed by atoms with Gasteiger partial charge in [0.2, 0.25) is 5.91 Å². The van der Waals surface area contributed by atoms with Crippen LogP contribution in [-0.4, -0.2) is 100 Å². The Hall–Kier alpha value is -2.90. The number of carbonyl (C=O) groups excluding carboxylic acids is 2. The summed E-state index contributed by atoms with van der Waals surface area (Å²) in [4.78, 5) is 25.1. The minimum absolute atomic E-state index is 0.0000478. The lowest BCUT2D eigenvalue weighted by atomic mass is 9.99. The van der Waals surface area contributed by atoms with E-state index in [1.54, 1.807) is 6.08 Å². The van der Waals surface area contributed by atoms with E-state index in [1.807, 2.05) is 6.08 Å². The number of hydrogen-bond donors (Lipinski definition) is 6. The highest BCUT2D eigenvalue weighted by Crippen LogP contribution is 2.23. The van der Waals surface area contributed by atoms with Crippen LogP contribution in [0, 0.1) is 0 Å². The van der Waals surface area contributed by atoms with Crippen LogP contribution in [0.1, 0.15) is 328 Å². The third-order valence-corrected chi connectivity index (χ3v) is 16.8. The van der Waals surface area contributed by atoms with Gasteiger partial charge < -0.3 is 45.1 Å². The van der Waals surface area contributed by atoms with E-state index < -0.39 is 49.5 Å². The van der Waals surface area contributed by atoms with Gasteiger partial charge in [-0.2, -0.15) is 0 Å². The molecule has 0 aliphatic carbocycles. The van der Waals surface area contributed by atoms with Crippen molar-refractivity contribution in [3.8, 4) is 0 Å². The number of unbranched alkanes of at least 4 members (excludes halogenated alkanes) is 39. The maximum atomic E-state index is 13.0. The van der Waals surface area contributed by atoms with Gasteiger partial charge in [0.25, 0.3) is 0 Å². The van der Waals surface area contributed by atoms with Crippen molar-refractivity contribution in [3.05, 3.63) is 72.9 Å². The van der Waals surface area contributed by atoms with E-state index in [-0.39, 0.29) is 18.5 Å². The van der Waals surface area contributed by atoms with Crippen molar-refractivity contribution in [3.63, 3.8) is 0 Å². The molecule has 1 fully saturated rings. The summed E-state index contributed by atoms with van der Waals surface area (Å²) in [5.74, 6) is -0.196. The number of aliphatic hydroxyl groups is 5. The number of ether oxygens (including phenoxy) is 3. The molecule has 1 amide bonds. The van der Waals surface area contributed by atoms with Crippen LogP contribution in [0.3, 0.4) is 0 Å². The lowest BCUT2D eigenvalue weighted by Gasteiger charge is -2.40. The molecule has 0 aromatic heterocycles. The van der Waals surface area contributed by atoms with Crippen molar-refractivity contribution >= 4 is 11.9 Å². The van der Waals surface area contributed by atoms with Crippen molar-refractivity contribution < 1.29 is 49.3 Å². The van der Waals surface area contributed by atoms with Crippen LogP contribution >= 0.6 is 0 Å². The largest absolute Gasteiger partial charge is 0.466 e. The van der Waals surface area contributed by atoms with Crippen LogP contribution in [0.2, 0.25) is 0 Å². The minimum atomic E-state index is -1.58. The first-order chi connectivity index (χ1) is 42.2. The molecule has 11 nitrogen and oxygen atoms in total. The van der Waals surface area contributed by atoms with Crippen LogP contribution in [0.25, 0.3) is 0 Å². The zero-order chi connectivity index (χ0) is 62.3. The smallest absolute Gasteiger partial charge is 0.305 e. The van der Waals surface area contributed by atoms with E-state index in [2.05, 4.69) is 79.9 Å². The second kappa shape index (κ2) is 63.7. The molecule has 1 saturated heterocycles. The fourth-order valence-electron chi connectivity index (χ4n) is 11.1. The molecule has 0 saturated carbocycles. The lowest BCUT2D eigenvalue weighted by molar-refractivity contribution is -0.302. The Morgan fingerprint density at radius 2 is 0.826 bits per heavy atom. The molecule has 0 aromatic rings. The molecule has 7 unspecified atom stereocenters. The number of nitrogens with one attached hydrogen (secondary N) is 1. The average Bonchev–Trinajstić information content (AvgIpc) is 2.53. The molecule has 7 atom stereocenters. The van der Waals surface area contributed by atoms with Crippen LogP contribution in [0.4, 0.5) is 0 Å². The van der Waals surface area contributed by atoms with Gasteiger partial charge >= 0.3 is 5.97 Å². The third-order valence-electron chi connectivity index (χ3n) is 16.8. The number of allylic oxidation sites excluding steroid dienone is 11. The minimum Gasteiger partial charge on any atom is -0.466 e. The lowest BCUT2D eigenvalue weighted by Crippen LogP contribution is -2.60. The molecule has 500 valence electrons. The van der Waals surface area contributed by atoms with Gasteiger partial charge in [-0.05, 0) is 109 Å². The molecule has 1 aliphatic heterocycles. The van der Waals surface area contributed by atoms with E-state index in [1.165, 1.54) is 225 Å². The normalized spacial score (nSPS) is 18.3. The molecule has 86 heavy (non-hydrogen) atoms. The van der Waals surface area contributed by atoms with Crippen LogP contribution < -0.4 is 5.32 Å². The number of amides is 1. The molecule has 1 aliphatic rings. The Labute approximate surface area is 528 Å². The molecular formula is C75H135NO10. The number of hydrogen-bond acceptors (Lipinski definition) is 10. The number of esters is 1. The summed E-state index contributed by atoms with van der Waals surface area (Å²) in [6.07, 6.45) is 76.4. The first-order valence-electron chi connectivity index (χ1n) is 36.2. The second-order valence-corrected chi connectivity index (χ2v) is 24.9. The van der Waals surface area contributed by atoms with Gasteiger partial charge in [0, 0.05) is 12.8 Å².